The minimum atomic E-state index is -0.584. The maximum absolute atomic E-state index is 12.6. The number of carbonyl (C=O) groups is 3. The van der Waals surface area contributed by atoms with Crippen LogP contribution >= 0.6 is 23.4 Å². The first kappa shape index (κ1) is 19.3. The largest absolute Gasteiger partial charge is 0.497 e. The minimum Gasteiger partial charge on any atom is -0.497 e. The Morgan fingerprint density at radius 1 is 1.26 bits per heavy atom. The van der Waals surface area contributed by atoms with Gasteiger partial charge in [0.05, 0.1) is 23.8 Å². The number of imide groups is 1. The topological polar surface area (TPSA) is 75.7 Å². The fraction of sp³-hybridized carbons (Fsp3) is 0.211. The van der Waals surface area contributed by atoms with Crippen molar-refractivity contribution in [3.63, 3.8) is 0 Å². The van der Waals surface area contributed by atoms with Crippen LogP contribution in [-0.4, -0.2) is 35.8 Å². The van der Waals surface area contributed by atoms with Gasteiger partial charge in [0.1, 0.15) is 5.75 Å². The number of rotatable bonds is 6. The molecule has 0 aliphatic carbocycles. The van der Waals surface area contributed by atoms with Crippen LogP contribution < -0.4 is 15.0 Å². The van der Waals surface area contributed by atoms with Gasteiger partial charge < -0.3 is 10.1 Å². The summed E-state index contributed by atoms with van der Waals surface area (Å²) in [6, 6.07) is 13.5. The number of thioether (sulfide) groups is 1. The molecule has 2 aromatic carbocycles. The minimum absolute atomic E-state index is 0.0644. The van der Waals surface area contributed by atoms with E-state index in [4.69, 9.17) is 16.3 Å². The van der Waals surface area contributed by atoms with Crippen molar-refractivity contribution < 1.29 is 19.1 Å². The van der Waals surface area contributed by atoms with Crippen LogP contribution in [0.1, 0.15) is 6.42 Å². The first-order valence-electron chi connectivity index (χ1n) is 8.16. The van der Waals surface area contributed by atoms with Crippen molar-refractivity contribution in [2.45, 2.75) is 11.7 Å². The van der Waals surface area contributed by atoms with Crippen molar-refractivity contribution in [1.29, 1.82) is 0 Å². The van der Waals surface area contributed by atoms with Crippen LogP contribution in [0.15, 0.2) is 48.5 Å². The molecule has 1 N–H and O–H groups in total. The molecule has 1 saturated heterocycles. The Labute approximate surface area is 165 Å². The summed E-state index contributed by atoms with van der Waals surface area (Å²) >= 11 is 6.96. The number of amides is 3. The molecule has 1 atom stereocenters. The molecule has 6 nitrogen and oxygen atoms in total. The molecule has 2 aromatic rings. The van der Waals surface area contributed by atoms with Crippen molar-refractivity contribution in [2.24, 2.45) is 0 Å². The fourth-order valence-corrected chi connectivity index (χ4v) is 3.72. The molecule has 0 radical (unpaired) electrons. The van der Waals surface area contributed by atoms with E-state index in [0.29, 0.717) is 22.1 Å². The third-order valence-electron chi connectivity index (χ3n) is 3.96. The zero-order valence-corrected chi connectivity index (χ0v) is 16.0. The second-order valence-corrected chi connectivity index (χ2v) is 7.46. The predicted molar refractivity (Wildman–Crippen MR) is 106 cm³/mol. The molecule has 1 heterocycles. The number of anilines is 2. The van der Waals surface area contributed by atoms with Crippen LogP contribution in [0.2, 0.25) is 5.02 Å². The van der Waals surface area contributed by atoms with Crippen molar-refractivity contribution in [3.8, 4) is 5.75 Å². The maximum Gasteiger partial charge on any atom is 0.247 e. The Balaban J connectivity index is 1.59. The summed E-state index contributed by atoms with van der Waals surface area (Å²) in [6.45, 7) is 0. The zero-order valence-electron chi connectivity index (χ0n) is 14.5. The molecule has 27 heavy (non-hydrogen) atoms. The van der Waals surface area contributed by atoms with Crippen molar-refractivity contribution in [3.05, 3.63) is 53.6 Å². The number of nitrogens with zero attached hydrogens (tertiary/aromatic N) is 1. The molecule has 0 bridgehead atoms. The summed E-state index contributed by atoms with van der Waals surface area (Å²) in [5, 5.41) is 2.73. The van der Waals surface area contributed by atoms with Gasteiger partial charge in [-0.25, -0.2) is 4.90 Å². The van der Waals surface area contributed by atoms with E-state index in [9.17, 15) is 14.4 Å². The van der Waals surface area contributed by atoms with Crippen LogP contribution in [0.3, 0.4) is 0 Å². The lowest BCUT2D eigenvalue weighted by molar-refractivity contribution is -0.121. The van der Waals surface area contributed by atoms with Gasteiger partial charge in [0, 0.05) is 23.2 Å². The van der Waals surface area contributed by atoms with Gasteiger partial charge in [-0.2, -0.15) is 0 Å². The average molecular weight is 405 g/mol. The molecule has 0 aromatic heterocycles. The average Bonchev–Trinajstić information content (AvgIpc) is 2.95. The highest BCUT2D eigenvalue weighted by atomic mass is 35.5. The number of hydrogen-bond acceptors (Lipinski definition) is 5. The SMILES string of the molecule is COc1cccc(N2C(=O)C[C@H](SCC(=O)Nc3ccc(Cl)cc3)C2=O)c1. The summed E-state index contributed by atoms with van der Waals surface area (Å²) in [6.07, 6.45) is 0.0644. The first-order chi connectivity index (χ1) is 13.0. The Bertz CT molecular complexity index is 872. The Hall–Kier alpha value is -2.51. The highest BCUT2D eigenvalue weighted by molar-refractivity contribution is 8.01. The molecule has 0 spiro atoms. The van der Waals surface area contributed by atoms with E-state index in [1.54, 1.807) is 48.5 Å². The number of ether oxygens (including phenoxy) is 1. The van der Waals surface area contributed by atoms with E-state index < -0.39 is 5.25 Å². The third kappa shape index (κ3) is 4.61. The van der Waals surface area contributed by atoms with Gasteiger partial charge in [-0.3, -0.25) is 14.4 Å². The molecule has 140 valence electrons. The van der Waals surface area contributed by atoms with Crippen LogP contribution in [0.4, 0.5) is 11.4 Å². The second-order valence-electron chi connectivity index (χ2n) is 5.83. The Morgan fingerprint density at radius 2 is 2.00 bits per heavy atom. The normalized spacial score (nSPS) is 16.5. The monoisotopic (exact) mass is 404 g/mol. The van der Waals surface area contributed by atoms with Crippen molar-refractivity contribution in [2.75, 3.05) is 23.1 Å². The number of methoxy groups -OCH3 is 1. The fourth-order valence-electron chi connectivity index (χ4n) is 2.66. The lowest BCUT2D eigenvalue weighted by atomic mass is 10.3. The van der Waals surface area contributed by atoms with E-state index in [1.807, 2.05) is 0 Å². The second kappa shape index (κ2) is 8.45. The number of hydrogen-bond donors (Lipinski definition) is 1. The van der Waals surface area contributed by atoms with Crippen LogP contribution in [-0.2, 0) is 14.4 Å². The summed E-state index contributed by atoms with van der Waals surface area (Å²) in [7, 11) is 1.52. The van der Waals surface area contributed by atoms with Crippen molar-refractivity contribution >= 4 is 52.5 Å². The van der Waals surface area contributed by atoms with Crippen molar-refractivity contribution in [1.82, 2.24) is 0 Å². The van der Waals surface area contributed by atoms with Gasteiger partial charge >= 0.3 is 0 Å². The number of benzene rings is 2. The molecular weight excluding hydrogens is 388 g/mol. The van der Waals surface area contributed by atoms with Gasteiger partial charge in [-0.1, -0.05) is 17.7 Å². The van der Waals surface area contributed by atoms with Crippen LogP contribution in [0, 0.1) is 0 Å². The first-order valence-corrected chi connectivity index (χ1v) is 9.58. The van der Waals surface area contributed by atoms with Gasteiger partial charge in [0.15, 0.2) is 0 Å². The molecule has 8 heteroatoms. The number of carbonyl (C=O) groups excluding carboxylic acids is 3. The zero-order chi connectivity index (χ0) is 19.4. The molecule has 1 aliphatic rings. The van der Waals surface area contributed by atoms with E-state index in [0.717, 1.165) is 16.7 Å². The Morgan fingerprint density at radius 3 is 2.70 bits per heavy atom. The molecule has 1 aliphatic heterocycles. The third-order valence-corrected chi connectivity index (χ3v) is 5.41. The molecule has 0 unspecified atom stereocenters. The van der Waals surface area contributed by atoms with E-state index in [1.165, 1.54) is 7.11 Å². The predicted octanol–water partition coefficient (Wildman–Crippen LogP) is 3.35. The highest BCUT2D eigenvalue weighted by Gasteiger charge is 2.40. The summed E-state index contributed by atoms with van der Waals surface area (Å²) < 4.78 is 5.14. The number of nitrogens with one attached hydrogen (secondary N) is 1. The standard InChI is InChI=1S/C19H17ClN2O4S/c1-26-15-4-2-3-14(9-15)22-18(24)10-16(19(22)25)27-11-17(23)21-13-7-5-12(20)6-8-13/h2-9,16H,10-11H2,1H3,(H,21,23)/t16-/m0/s1. The van der Waals surface area contributed by atoms with Gasteiger partial charge in [0.25, 0.3) is 0 Å². The van der Waals surface area contributed by atoms with E-state index in [2.05, 4.69) is 5.32 Å². The van der Waals surface area contributed by atoms with Crippen LogP contribution in [0.25, 0.3) is 0 Å². The Kier molecular flexibility index (Phi) is 6.03. The summed E-state index contributed by atoms with van der Waals surface area (Å²) in [4.78, 5) is 38.2. The molecule has 0 saturated carbocycles. The summed E-state index contributed by atoms with van der Waals surface area (Å²) in [5.41, 5.74) is 1.09. The van der Waals surface area contributed by atoms with Gasteiger partial charge in [-0.15, -0.1) is 11.8 Å². The smallest absolute Gasteiger partial charge is 0.247 e. The highest BCUT2D eigenvalue weighted by Crippen LogP contribution is 2.31. The van der Waals surface area contributed by atoms with E-state index >= 15 is 0 Å². The lowest BCUT2D eigenvalue weighted by Gasteiger charge is -2.15. The summed E-state index contributed by atoms with van der Waals surface area (Å²) in [5.74, 6) is -0.228. The number of halogens is 1. The van der Waals surface area contributed by atoms with Gasteiger partial charge in [0.2, 0.25) is 17.7 Å². The van der Waals surface area contributed by atoms with E-state index in [-0.39, 0.29) is 29.9 Å². The molecule has 3 amide bonds. The molecule has 1 fully saturated rings. The quantitative estimate of drug-likeness (QED) is 0.747. The van der Waals surface area contributed by atoms with Crippen LogP contribution in [0.5, 0.6) is 5.75 Å². The lowest BCUT2D eigenvalue weighted by Crippen LogP contribution is -2.31. The molecule has 3 rings (SSSR count). The maximum atomic E-state index is 12.6. The molecular formula is C19H17ClN2O4S. The van der Waals surface area contributed by atoms with Gasteiger partial charge in [-0.05, 0) is 36.4 Å².